The van der Waals surface area contributed by atoms with Gasteiger partial charge in [0.1, 0.15) is 18.6 Å². The monoisotopic (exact) mass is 359 g/mol. The standard InChI is InChI=1S/C14H14BN5O6/c16-12(22)13-17-6-20(19-13)5-10(21)18-9-4-7-2-1-3-8(14(23)24)11(7)26-15(9)25/h1-3,6,9,25H,4-5H2,(H2,16,22)(H,18,21)(H,23,24)/t9-/m0/s1. The molecular weight excluding hydrogens is 345 g/mol. The molecule has 0 spiro atoms. The summed E-state index contributed by atoms with van der Waals surface area (Å²) in [7, 11) is -1.41. The molecule has 1 aromatic carbocycles. The van der Waals surface area contributed by atoms with Crippen molar-refractivity contribution in [3.8, 4) is 5.75 Å². The molecule has 1 aliphatic rings. The Hall–Kier alpha value is -3.41. The Labute approximate surface area is 146 Å². The molecule has 1 atom stereocenters. The number of aromatic carboxylic acids is 1. The van der Waals surface area contributed by atoms with Crippen molar-refractivity contribution in [3.05, 3.63) is 41.5 Å². The number of benzene rings is 1. The van der Waals surface area contributed by atoms with Gasteiger partial charge in [0.15, 0.2) is 0 Å². The number of hydrogen-bond donors (Lipinski definition) is 4. The molecule has 0 bridgehead atoms. The Morgan fingerprint density at radius 3 is 2.85 bits per heavy atom. The van der Waals surface area contributed by atoms with Gasteiger partial charge >= 0.3 is 13.1 Å². The first kappa shape index (κ1) is 17.4. The Bertz CT molecular complexity index is 884. The van der Waals surface area contributed by atoms with Crippen LogP contribution in [0.3, 0.4) is 0 Å². The maximum atomic E-state index is 12.1. The smallest absolute Gasteiger partial charge is 0.534 e. The van der Waals surface area contributed by atoms with E-state index < -0.39 is 30.8 Å². The lowest BCUT2D eigenvalue weighted by atomic mass is 9.72. The summed E-state index contributed by atoms with van der Waals surface area (Å²) in [5, 5.41) is 25.6. The zero-order valence-corrected chi connectivity index (χ0v) is 13.3. The van der Waals surface area contributed by atoms with Gasteiger partial charge < -0.3 is 25.8 Å². The molecule has 11 nitrogen and oxygen atoms in total. The van der Waals surface area contributed by atoms with Gasteiger partial charge in [0.2, 0.25) is 11.7 Å². The van der Waals surface area contributed by atoms with Crippen LogP contribution < -0.4 is 15.7 Å². The van der Waals surface area contributed by atoms with E-state index >= 15 is 0 Å². The number of carbonyl (C=O) groups is 3. The van der Waals surface area contributed by atoms with Crippen LogP contribution in [0.25, 0.3) is 0 Å². The molecule has 1 aromatic heterocycles. The summed E-state index contributed by atoms with van der Waals surface area (Å²) in [6.07, 6.45) is 1.37. The van der Waals surface area contributed by atoms with E-state index in [1.165, 1.54) is 12.4 Å². The van der Waals surface area contributed by atoms with E-state index in [-0.39, 0.29) is 30.1 Å². The zero-order chi connectivity index (χ0) is 18.8. The molecule has 0 saturated carbocycles. The van der Waals surface area contributed by atoms with Gasteiger partial charge in [-0.05, 0) is 18.1 Å². The number of para-hydroxylation sites is 1. The second-order valence-corrected chi connectivity index (χ2v) is 5.62. The number of hydrogen-bond acceptors (Lipinski definition) is 7. The third-order valence-electron chi connectivity index (χ3n) is 3.76. The predicted octanol–water partition coefficient (Wildman–Crippen LogP) is -1.79. The summed E-state index contributed by atoms with van der Waals surface area (Å²) >= 11 is 0. The van der Waals surface area contributed by atoms with Crippen LogP contribution in [0.15, 0.2) is 24.5 Å². The van der Waals surface area contributed by atoms with Crippen LogP contribution in [-0.4, -0.2) is 55.7 Å². The van der Waals surface area contributed by atoms with E-state index in [0.29, 0.717) is 5.56 Å². The average Bonchev–Trinajstić information content (AvgIpc) is 3.03. The van der Waals surface area contributed by atoms with Crippen LogP contribution in [0.1, 0.15) is 26.5 Å². The van der Waals surface area contributed by atoms with Gasteiger partial charge in [-0.1, -0.05) is 12.1 Å². The number of nitrogens with two attached hydrogens (primary N) is 1. The van der Waals surface area contributed by atoms with Crippen molar-refractivity contribution in [2.45, 2.75) is 18.9 Å². The van der Waals surface area contributed by atoms with Crippen LogP contribution >= 0.6 is 0 Å². The van der Waals surface area contributed by atoms with E-state index in [1.54, 1.807) is 12.1 Å². The minimum atomic E-state index is -1.41. The number of carbonyl (C=O) groups excluding carboxylic acids is 2. The van der Waals surface area contributed by atoms with Crippen molar-refractivity contribution in [1.29, 1.82) is 0 Å². The first-order valence-electron chi connectivity index (χ1n) is 7.53. The van der Waals surface area contributed by atoms with E-state index in [2.05, 4.69) is 15.4 Å². The summed E-state index contributed by atoms with van der Waals surface area (Å²) in [5.41, 5.74) is 5.53. The number of nitrogens with one attached hydrogen (secondary N) is 1. The van der Waals surface area contributed by atoms with Crippen molar-refractivity contribution in [2.75, 3.05) is 0 Å². The molecule has 0 saturated heterocycles. The molecule has 5 N–H and O–H groups in total. The first-order chi connectivity index (χ1) is 12.3. The summed E-state index contributed by atoms with van der Waals surface area (Å²) in [5.74, 6) is -3.40. The molecule has 0 unspecified atom stereocenters. The lowest BCUT2D eigenvalue weighted by Gasteiger charge is -2.28. The SMILES string of the molecule is NC(=O)c1ncn(CC(=O)N[C@H]2Cc3cccc(C(=O)O)c3OB2O)n1. The number of aromatic nitrogens is 3. The molecular formula is C14H14BN5O6. The van der Waals surface area contributed by atoms with E-state index in [9.17, 15) is 19.4 Å². The highest BCUT2D eigenvalue weighted by molar-refractivity contribution is 6.47. The molecule has 2 aromatic rings. The largest absolute Gasteiger partial charge is 0.547 e. The summed E-state index contributed by atoms with van der Waals surface area (Å²) < 4.78 is 6.41. The maximum Gasteiger partial charge on any atom is 0.547 e. The second-order valence-electron chi connectivity index (χ2n) is 5.62. The van der Waals surface area contributed by atoms with Crippen molar-refractivity contribution in [1.82, 2.24) is 20.1 Å². The Morgan fingerprint density at radius 1 is 1.42 bits per heavy atom. The van der Waals surface area contributed by atoms with Gasteiger partial charge in [-0.2, -0.15) is 0 Å². The molecule has 2 amide bonds. The number of nitrogens with zero attached hydrogens (tertiary/aromatic N) is 3. The zero-order valence-electron chi connectivity index (χ0n) is 13.3. The fraction of sp³-hybridized carbons (Fsp3) is 0.214. The van der Waals surface area contributed by atoms with Gasteiger partial charge in [-0.15, -0.1) is 5.10 Å². The first-order valence-corrected chi connectivity index (χ1v) is 7.53. The average molecular weight is 359 g/mol. The fourth-order valence-electron chi connectivity index (χ4n) is 2.60. The van der Waals surface area contributed by atoms with Gasteiger partial charge in [0.25, 0.3) is 5.91 Å². The van der Waals surface area contributed by atoms with E-state index in [0.717, 1.165) is 4.68 Å². The highest BCUT2D eigenvalue weighted by atomic mass is 16.5. The number of fused-ring (bicyclic) bond motifs is 1. The molecule has 1 aliphatic heterocycles. The molecule has 0 radical (unpaired) electrons. The summed E-state index contributed by atoms with van der Waals surface area (Å²) in [6, 6.07) is 4.58. The number of carboxylic acid groups (broad SMARTS) is 1. The third kappa shape index (κ3) is 3.49. The minimum absolute atomic E-state index is 0.0621. The highest BCUT2D eigenvalue weighted by Gasteiger charge is 2.37. The quantitative estimate of drug-likeness (QED) is 0.454. The van der Waals surface area contributed by atoms with E-state index in [4.69, 9.17) is 15.5 Å². The van der Waals surface area contributed by atoms with Crippen LogP contribution in [0, 0.1) is 0 Å². The van der Waals surface area contributed by atoms with Crippen LogP contribution in [0.4, 0.5) is 0 Å². The Morgan fingerprint density at radius 2 is 2.19 bits per heavy atom. The van der Waals surface area contributed by atoms with Gasteiger partial charge in [-0.3, -0.25) is 9.59 Å². The maximum absolute atomic E-state index is 12.1. The van der Waals surface area contributed by atoms with Crippen molar-refractivity contribution < 1.29 is 29.2 Å². The number of rotatable bonds is 5. The number of carboxylic acids is 1. The molecule has 2 heterocycles. The normalized spacial score (nSPS) is 15.7. The fourth-order valence-corrected chi connectivity index (χ4v) is 2.60. The second kappa shape index (κ2) is 6.84. The van der Waals surface area contributed by atoms with Crippen molar-refractivity contribution in [3.63, 3.8) is 0 Å². The topological polar surface area (TPSA) is 170 Å². The Kier molecular flexibility index (Phi) is 4.58. The highest BCUT2D eigenvalue weighted by Crippen LogP contribution is 2.30. The van der Waals surface area contributed by atoms with Crippen molar-refractivity contribution in [2.24, 2.45) is 5.73 Å². The van der Waals surface area contributed by atoms with Crippen LogP contribution in [0.5, 0.6) is 5.75 Å². The lowest BCUT2D eigenvalue weighted by molar-refractivity contribution is -0.122. The van der Waals surface area contributed by atoms with Gasteiger partial charge in [-0.25, -0.2) is 14.5 Å². The molecule has 26 heavy (non-hydrogen) atoms. The van der Waals surface area contributed by atoms with Crippen molar-refractivity contribution >= 4 is 24.9 Å². The van der Waals surface area contributed by atoms with Gasteiger partial charge in [0.05, 0.1) is 11.5 Å². The third-order valence-corrected chi connectivity index (χ3v) is 3.76. The lowest BCUT2D eigenvalue weighted by Crippen LogP contribution is -2.53. The number of amides is 2. The Balaban J connectivity index is 1.68. The molecule has 3 rings (SSSR count). The molecule has 134 valence electrons. The van der Waals surface area contributed by atoms with Gasteiger partial charge in [0, 0.05) is 0 Å². The van der Waals surface area contributed by atoms with Crippen LogP contribution in [-0.2, 0) is 17.8 Å². The summed E-state index contributed by atoms with van der Waals surface area (Å²) in [6.45, 7) is -0.245. The molecule has 12 heteroatoms. The predicted molar refractivity (Wildman–Crippen MR) is 86.2 cm³/mol. The molecule has 0 fully saturated rings. The number of primary amides is 1. The molecule has 0 aliphatic carbocycles. The minimum Gasteiger partial charge on any atom is -0.534 e. The van der Waals surface area contributed by atoms with Crippen LogP contribution in [0.2, 0.25) is 0 Å². The summed E-state index contributed by atoms with van der Waals surface area (Å²) in [4.78, 5) is 37.9. The van der Waals surface area contributed by atoms with E-state index in [1.807, 2.05) is 0 Å².